The molecule has 1 aliphatic heterocycles. The van der Waals surface area contributed by atoms with Gasteiger partial charge in [-0.3, -0.25) is 0 Å². The van der Waals surface area contributed by atoms with Crippen molar-refractivity contribution in [1.82, 2.24) is 15.5 Å². The molecule has 0 unspecified atom stereocenters. The zero-order valence-corrected chi connectivity index (χ0v) is 9.39. The normalized spacial score (nSPS) is 20.6. The average Bonchev–Trinajstić information content (AvgIpc) is 2.12. The molecule has 0 saturated carbocycles. The second-order valence-corrected chi connectivity index (χ2v) is 4.46. The molecule has 1 heterocycles. The molecule has 0 radical (unpaired) electrons. The molecule has 4 nitrogen and oxygen atoms in total. The van der Waals surface area contributed by atoms with Crippen LogP contribution in [0.15, 0.2) is 0 Å². The first-order chi connectivity index (χ1) is 6.55. The molecule has 0 bridgehead atoms. The highest BCUT2D eigenvalue weighted by Crippen LogP contribution is 2.09. The molecule has 0 aromatic rings. The van der Waals surface area contributed by atoms with Crippen molar-refractivity contribution < 1.29 is 4.79 Å². The van der Waals surface area contributed by atoms with E-state index < -0.39 is 0 Å². The molecular weight excluding hydrogens is 178 g/mol. The molecule has 1 fully saturated rings. The monoisotopic (exact) mass is 199 g/mol. The first kappa shape index (κ1) is 11.3. The van der Waals surface area contributed by atoms with Crippen LogP contribution in [0, 0.1) is 0 Å². The third kappa shape index (κ3) is 3.18. The Morgan fingerprint density at radius 1 is 1.57 bits per heavy atom. The Morgan fingerprint density at radius 3 is 2.86 bits per heavy atom. The summed E-state index contributed by atoms with van der Waals surface area (Å²) in [5.74, 6) is 0. The molecule has 0 spiro atoms. The van der Waals surface area contributed by atoms with E-state index >= 15 is 0 Å². The van der Waals surface area contributed by atoms with Crippen LogP contribution in [0.25, 0.3) is 0 Å². The topological polar surface area (TPSA) is 44.4 Å². The molecule has 1 rings (SSSR count). The molecule has 2 N–H and O–H groups in total. The lowest BCUT2D eigenvalue weighted by molar-refractivity contribution is 0.154. The smallest absolute Gasteiger partial charge is 0.317 e. The van der Waals surface area contributed by atoms with Gasteiger partial charge in [0.2, 0.25) is 0 Å². The van der Waals surface area contributed by atoms with Crippen molar-refractivity contribution in [3.63, 3.8) is 0 Å². The highest BCUT2D eigenvalue weighted by Gasteiger charge is 2.28. The van der Waals surface area contributed by atoms with Gasteiger partial charge in [-0.1, -0.05) is 6.92 Å². The van der Waals surface area contributed by atoms with Crippen molar-refractivity contribution in [2.24, 2.45) is 0 Å². The van der Waals surface area contributed by atoms with Crippen LogP contribution in [-0.2, 0) is 0 Å². The molecule has 0 aromatic heterocycles. The quantitative estimate of drug-likeness (QED) is 0.690. The maximum Gasteiger partial charge on any atom is 0.317 e. The summed E-state index contributed by atoms with van der Waals surface area (Å²) in [6.45, 7) is 9.53. The standard InChI is InChI=1S/C10H21N3O/c1-4-5-11-9(14)13-7-6-12-10(2,3)8-13/h12H,4-8H2,1-3H3,(H,11,14). The van der Waals surface area contributed by atoms with E-state index in [9.17, 15) is 4.79 Å². The summed E-state index contributed by atoms with van der Waals surface area (Å²) >= 11 is 0. The van der Waals surface area contributed by atoms with Crippen LogP contribution in [0.4, 0.5) is 4.79 Å². The van der Waals surface area contributed by atoms with E-state index in [1.807, 2.05) is 4.90 Å². The maximum absolute atomic E-state index is 11.6. The van der Waals surface area contributed by atoms with Crippen molar-refractivity contribution in [1.29, 1.82) is 0 Å². The lowest BCUT2D eigenvalue weighted by atomic mass is 10.0. The van der Waals surface area contributed by atoms with Crippen molar-refractivity contribution in [2.75, 3.05) is 26.2 Å². The number of nitrogens with zero attached hydrogens (tertiary/aromatic N) is 1. The Labute approximate surface area is 86.0 Å². The zero-order chi connectivity index (χ0) is 10.6. The predicted molar refractivity (Wildman–Crippen MR) is 57.3 cm³/mol. The Kier molecular flexibility index (Phi) is 3.75. The Hall–Kier alpha value is -0.770. The van der Waals surface area contributed by atoms with Crippen LogP contribution >= 0.6 is 0 Å². The fraction of sp³-hybridized carbons (Fsp3) is 0.900. The van der Waals surface area contributed by atoms with Crippen LogP contribution in [0.5, 0.6) is 0 Å². The molecule has 82 valence electrons. The lowest BCUT2D eigenvalue weighted by Gasteiger charge is -2.39. The summed E-state index contributed by atoms with van der Waals surface area (Å²) < 4.78 is 0. The molecule has 0 aliphatic carbocycles. The minimum atomic E-state index is 0.0435. The summed E-state index contributed by atoms with van der Waals surface area (Å²) in [5, 5.41) is 6.28. The van der Waals surface area contributed by atoms with Gasteiger partial charge < -0.3 is 15.5 Å². The largest absolute Gasteiger partial charge is 0.338 e. The SMILES string of the molecule is CCCNC(=O)N1CCNC(C)(C)C1. The summed E-state index contributed by atoms with van der Waals surface area (Å²) in [6.07, 6.45) is 0.987. The molecule has 2 amide bonds. The second-order valence-electron chi connectivity index (χ2n) is 4.46. The Bertz CT molecular complexity index is 204. The number of carbonyl (C=O) groups excluding carboxylic acids is 1. The van der Waals surface area contributed by atoms with Gasteiger partial charge in [0.05, 0.1) is 0 Å². The number of urea groups is 1. The average molecular weight is 199 g/mol. The Balaban J connectivity index is 2.40. The molecule has 1 aliphatic rings. The van der Waals surface area contributed by atoms with Gasteiger partial charge in [0.25, 0.3) is 0 Å². The lowest BCUT2D eigenvalue weighted by Crippen LogP contribution is -2.60. The van der Waals surface area contributed by atoms with Gasteiger partial charge >= 0.3 is 6.03 Å². The van der Waals surface area contributed by atoms with Crippen molar-refractivity contribution in [3.05, 3.63) is 0 Å². The van der Waals surface area contributed by atoms with Gasteiger partial charge in [0.15, 0.2) is 0 Å². The minimum absolute atomic E-state index is 0.0435. The highest BCUT2D eigenvalue weighted by atomic mass is 16.2. The zero-order valence-electron chi connectivity index (χ0n) is 9.39. The van der Waals surface area contributed by atoms with E-state index in [0.29, 0.717) is 0 Å². The number of hydrogen-bond acceptors (Lipinski definition) is 2. The molecular formula is C10H21N3O. The summed E-state index contributed by atoms with van der Waals surface area (Å²) in [6, 6.07) is 0.0708. The van der Waals surface area contributed by atoms with E-state index in [0.717, 1.165) is 32.6 Å². The van der Waals surface area contributed by atoms with E-state index in [1.165, 1.54) is 0 Å². The highest BCUT2D eigenvalue weighted by molar-refractivity contribution is 5.74. The van der Waals surface area contributed by atoms with E-state index in [4.69, 9.17) is 0 Å². The molecule has 0 aromatic carbocycles. The first-order valence-corrected chi connectivity index (χ1v) is 5.33. The predicted octanol–water partition coefficient (Wildman–Crippen LogP) is 0.790. The van der Waals surface area contributed by atoms with E-state index in [1.54, 1.807) is 0 Å². The summed E-state index contributed by atoms with van der Waals surface area (Å²) in [5.41, 5.74) is 0.0435. The number of nitrogens with one attached hydrogen (secondary N) is 2. The number of hydrogen-bond donors (Lipinski definition) is 2. The first-order valence-electron chi connectivity index (χ1n) is 5.33. The van der Waals surface area contributed by atoms with E-state index in [-0.39, 0.29) is 11.6 Å². The summed E-state index contributed by atoms with van der Waals surface area (Å²) in [7, 11) is 0. The van der Waals surface area contributed by atoms with E-state index in [2.05, 4.69) is 31.4 Å². The second kappa shape index (κ2) is 4.64. The van der Waals surface area contributed by atoms with Crippen LogP contribution in [-0.4, -0.2) is 42.6 Å². The number of amides is 2. The van der Waals surface area contributed by atoms with Crippen molar-refractivity contribution in [2.45, 2.75) is 32.7 Å². The van der Waals surface area contributed by atoms with Crippen molar-refractivity contribution in [3.8, 4) is 0 Å². The molecule has 14 heavy (non-hydrogen) atoms. The van der Waals surface area contributed by atoms with Gasteiger partial charge in [-0.15, -0.1) is 0 Å². The number of carbonyl (C=O) groups is 1. The van der Waals surface area contributed by atoms with Crippen LogP contribution in [0.3, 0.4) is 0 Å². The molecule has 1 saturated heterocycles. The van der Waals surface area contributed by atoms with Crippen molar-refractivity contribution >= 4 is 6.03 Å². The fourth-order valence-electron chi connectivity index (χ4n) is 1.66. The van der Waals surface area contributed by atoms with Gasteiger partial charge in [-0.05, 0) is 20.3 Å². The van der Waals surface area contributed by atoms with Gasteiger partial charge in [0, 0.05) is 31.7 Å². The third-order valence-electron chi connectivity index (χ3n) is 2.38. The van der Waals surface area contributed by atoms with Crippen LogP contribution < -0.4 is 10.6 Å². The minimum Gasteiger partial charge on any atom is -0.338 e. The fourth-order valence-corrected chi connectivity index (χ4v) is 1.66. The summed E-state index contributed by atoms with van der Waals surface area (Å²) in [4.78, 5) is 13.5. The van der Waals surface area contributed by atoms with Gasteiger partial charge in [-0.25, -0.2) is 4.79 Å². The maximum atomic E-state index is 11.6. The molecule has 4 heteroatoms. The van der Waals surface area contributed by atoms with Crippen LogP contribution in [0.1, 0.15) is 27.2 Å². The van der Waals surface area contributed by atoms with Gasteiger partial charge in [-0.2, -0.15) is 0 Å². The number of piperazine rings is 1. The number of rotatable bonds is 2. The Morgan fingerprint density at radius 2 is 2.29 bits per heavy atom. The van der Waals surface area contributed by atoms with Gasteiger partial charge in [0.1, 0.15) is 0 Å². The third-order valence-corrected chi connectivity index (χ3v) is 2.38. The van der Waals surface area contributed by atoms with Crippen LogP contribution in [0.2, 0.25) is 0 Å². The molecule has 0 atom stereocenters.